The fourth-order valence-electron chi connectivity index (χ4n) is 2.84. The molecule has 110 valence electrons. The minimum atomic E-state index is -0.128. The second kappa shape index (κ2) is 5.26. The first-order chi connectivity index (χ1) is 10.8. The molecule has 5 heteroatoms. The number of H-pyrrole nitrogens is 1. The van der Waals surface area contributed by atoms with Crippen LogP contribution in [0.15, 0.2) is 35.1 Å². The molecule has 22 heavy (non-hydrogen) atoms. The third-order valence-corrected chi connectivity index (χ3v) is 3.96. The van der Waals surface area contributed by atoms with Gasteiger partial charge in [-0.25, -0.2) is 4.98 Å². The van der Waals surface area contributed by atoms with E-state index in [-0.39, 0.29) is 5.56 Å². The van der Waals surface area contributed by atoms with Crippen LogP contribution in [0.4, 0.5) is 0 Å². The molecule has 0 spiro atoms. The van der Waals surface area contributed by atoms with Gasteiger partial charge in [-0.05, 0) is 31.2 Å². The van der Waals surface area contributed by atoms with Crippen molar-refractivity contribution >= 4 is 17.9 Å². The molecule has 0 unspecified atom stereocenters. The maximum atomic E-state index is 12.1. The number of benzene rings is 1. The molecule has 0 radical (unpaired) electrons. The number of aromatic amines is 1. The zero-order valence-electron chi connectivity index (χ0n) is 12.1. The Morgan fingerprint density at radius 3 is 3.00 bits per heavy atom. The monoisotopic (exact) mass is 292 g/mol. The van der Waals surface area contributed by atoms with Gasteiger partial charge in [0.25, 0.3) is 5.56 Å². The molecule has 0 fully saturated rings. The molecule has 1 N–H and O–H groups in total. The quantitative estimate of drug-likeness (QED) is 0.767. The van der Waals surface area contributed by atoms with E-state index < -0.39 is 0 Å². The van der Waals surface area contributed by atoms with Crippen LogP contribution < -0.4 is 16.3 Å². The molecule has 4 rings (SSSR count). The molecule has 0 amide bonds. The van der Waals surface area contributed by atoms with Gasteiger partial charge in [-0.2, -0.15) is 9.61 Å². The molecule has 0 aliphatic heterocycles. The molecule has 3 aromatic rings. The molecular formula is C17H16N4O. The minimum absolute atomic E-state index is 0.128. The third-order valence-electron chi connectivity index (χ3n) is 3.96. The molecule has 2 aromatic heterocycles. The van der Waals surface area contributed by atoms with Gasteiger partial charge in [-0.3, -0.25) is 9.78 Å². The van der Waals surface area contributed by atoms with Crippen LogP contribution in [0.5, 0.6) is 0 Å². The average molecular weight is 292 g/mol. The van der Waals surface area contributed by atoms with Crippen LogP contribution in [-0.2, 0) is 12.8 Å². The summed E-state index contributed by atoms with van der Waals surface area (Å²) in [5.74, 6) is 0.521. The van der Waals surface area contributed by atoms with Crippen LogP contribution in [0.1, 0.15) is 24.1 Å². The third kappa shape index (κ3) is 2.24. The highest BCUT2D eigenvalue weighted by Gasteiger charge is 2.10. The average Bonchev–Trinajstić information content (AvgIpc) is 3.10. The summed E-state index contributed by atoms with van der Waals surface area (Å²) in [5.41, 5.74) is 2.10. The van der Waals surface area contributed by atoms with Gasteiger partial charge in [0.15, 0.2) is 0 Å². The molecule has 0 saturated heterocycles. The molecule has 1 aliphatic carbocycles. The van der Waals surface area contributed by atoms with Crippen molar-refractivity contribution in [2.45, 2.75) is 25.7 Å². The van der Waals surface area contributed by atoms with Gasteiger partial charge < -0.3 is 0 Å². The van der Waals surface area contributed by atoms with Gasteiger partial charge in [-0.1, -0.05) is 42.5 Å². The number of nitrogens with one attached hydrogen (secondary N) is 1. The first-order valence-corrected chi connectivity index (χ1v) is 7.53. The molecule has 1 aromatic carbocycles. The maximum absolute atomic E-state index is 12.1. The zero-order valence-corrected chi connectivity index (χ0v) is 12.1. The van der Waals surface area contributed by atoms with E-state index in [0.717, 1.165) is 36.7 Å². The van der Waals surface area contributed by atoms with Crippen molar-refractivity contribution in [3.05, 3.63) is 62.6 Å². The standard InChI is InChI=1S/C17H16N4O/c22-16-15(11-4-8-12-6-2-1-3-7-12)21-17(19-16)18-13-9-5-10-14(13)20-21/h1-3,6-7,9,11H,4-5,8,10H2,(H,18,19,22)/b15-11-. The van der Waals surface area contributed by atoms with Crippen LogP contribution in [0, 0.1) is 0 Å². The van der Waals surface area contributed by atoms with Gasteiger partial charge >= 0.3 is 0 Å². The van der Waals surface area contributed by atoms with Crippen LogP contribution in [-0.4, -0.2) is 19.6 Å². The smallest absolute Gasteiger partial charge is 0.276 e. The molecule has 0 atom stereocenters. The summed E-state index contributed by atoms with van der Waals surface area (Å²) in [6.07, 6.45) is 7.57. The highest BCUT2D eigenvalue weighted by atomic mass is 16.1. The van der Waals surface area contributed by atoms with Crippen molar-refractivity contribution in [1.29, 1.82) is 0 Å². The lowest BCUT2D eigenvalue weighted by molar-refractivity contribution is 0.806. The predicted molar refractivity (Wildman–Crippen MR) is 84.9 cm³/mol. The van der Waals surface area contributed by atoms with Gasteiger partial charge in [0.2, 0.25) is 5.78 Å². The highest BCUT2D eigenvalue weighted by molar-refractivity contribution is 5.36. The lowest BCUT2D eigenvalue weighted by Gasteiger charge is -1.97. The van der Waals surface area contributed by atoms with E-state index >= 15 is 0 Å². The fourth-order valence-corrected chi connectivity index (χ4v) is 2.84. The Labute approximate surface area is 126 Å². The summed E-state index contributed by atoms with van der Waals surface area (Å²) >= 11 is 0. The fraction of sp³-hybridized carbons (Fsp3) is 0.235. The molecule has 5 nitrogen and oxygen atoms in total. The molecule has 2 heterocycles. The largest absolute Gasteiger partial charge is 0.289 e. The highest BCUT2D eigenvalue weighted by Crippen LogP contribution is 2.03. The Morgan fingerprint density at radius 2 is 2.14 bits per heavy atom. The van der Waals surface area contributed by atoms with Crippen LogP contribution in [0.2, 0.25) is 0 Å². The Balaban J connectivity index is 1.72. The summed E-state index contributed by atoms with van der Waals surface area (Å²) in [7, 11) is 0. The van der Waals surface area contributed by atoms with Crippen LogP contribution >= 0.6 is 0 Å². The number of fused-ring (bicyclic) bond motifs is 2. The lowest BCUT2D eigenvalue weighted by Crippen LogP contribution is -2.28. The SMILES string of the molecule is O=c1[nH]c2nc3c(nn2/c1=C\CCc1ccccc1)CCC=3. The summed E-state index contributed by atoms with van der Waals surface area (Å²) in [6, 6.07) is 10.2. The van der Waals surface area contributed by atoms with E-state index in [1.54, 1.807) is 4.52 Å². The van der Waals surface area contributed by atoms with Crippen molar-refractivity contribution in [1.82, 2.24) is 19.6 Å². The molecule has 0 saturated carbocycles. The summed E-state index contributed by atoms with van der Waals surface area (Å²) in [4.78, 5) is 19.4. The molecule has 1 aliphatic rings. The van der Waals surface area contributed by atoms with Gasteiger partial charge in [0, 0.05) is 0 Å². The Bertz CT molecular complexity index is 999. The normalized spacial score (nSPS) is 14.3. The van der Waals surface area contributed by atoms with Crippen LogP contribution in [0.25, 0.3) is 17.9 Å². The molecule has 0 bridgehead atoms. The van der Waals surface area contributed by atoms with Crippen molar-refractivity contribution in [2.24, 2.45) is 0 Å². The van der Waals surface area contributed by atoms with Crippen molar-refractivity contribution in [3.63, 3.8) is 0 Å². The van der Waals surface area contributed by atoms with Gasteiger partial charge in [-0.15, -0.1) is 0 Å². The van der Waals surface area contributed by atoms with E-state index in [1.165, 1.54) is 5.56 Å². The zero-order chi connectivity index (χ0) is 14.9. The number of aryl methyl sites for hydroxylation is 2. The number of nitrogens with zero attached hydrogens (tertiary/aromatic N) is 3. The first kappa shape index (κ1) is 13.0. The number of aromatic nitrogens is 4. The maximum Gasteiger partial charge on any atom is 0.276 e. The topological polar surface area (TPSA) is 63.0 Å². The van der Waals surface area contributed by atoms with Crippen LogP contribution in [0.3, 0.4) is 0 Å². The summed E-state index contributed by atoms with van der Waals surface area (Å²) in [6.45, 7) is 0. The minimum Gasteiger partial charge on any atom is -0.289 e. The Kier molecular flexibility index (Phi) is 3.11. The number of hydrogen-bond acceptors (Lipinski definition) is 3. The van der Waals surface area contributed by atoms with Gasteiger partial charge in [0.1, 0.15) is 5.35 Å². The van der Waals surface area contributed by atoms with E-state index in [0.29, 0.717) is 11.1 Å². The van der Waals surface area contributed by atoms with E-state index in [4.69, 9.17) is 0 Å². The van der Waals surface area contributed by atoms with Crippen molar-refractivity contribution in [2.75, 3.05) is 0 Å². The Hall–Kier alpha value is -2.69. The van der Waals surface area contributed by atoms with E-state index in [2.05, 4.69) is 33.3 Å². The molecular weight excluding hydrogens is 276 g/mol. The second-order valence-electron chi connectivity index (χ2n) is 5.49. The number of hydrogen-bond donors (Lipinski definition) is 1. The first-order valence-electron chi connectivity index (χ1n) is 7.53. The number of rotatable bonds is 3. The lowest BCUT2D eigenvalue weighted by atomic mass is 10.1. The summed E-state index contributed by atoms with van der Waals surface area (Å²) < 4.78 is 1.64. The Morgan fingerprint density at radius 1 is 1.27 bits per heavy atom. The predicted octanol–water partition coefficient (Wildman–Crippen LogP) is 0.558. The summed E-state index contributed by atoms with van der Waals surface area (Å²) in [5, 5.41) is 6.04. The van der Waals surface area contributed by atoms with Crippen molar-refractivity contribution in [3.8, 4) is 0 Å². The van der Waals surface area contributed by atoms with Crippen molar-refractivity contribution < 1.29 is 0 Å². The van der Waals surface area contributed by atoms with E-state index in [9.17, 15) is 4.79 Å². The van der Waals surface area contributed by atoms with E-state index in [1.807, 2.05) is 24.3 Å². The number of imidazole rings is 1. The van der Waals surface area contributed by atoms with Gasteiger partial charge in [0.05, 0.1) is 11.0 Å². The second-order valence-corrected chi connectivity index (χ2v) is 5.49.